The molecule has 140 valence electrons. The highest BCUT2D eigenvalue weighted by molar-refractivity contribution is 5.95. The van der Waals surface area contributed by atoms with Gasteiger partial charge in [0.15, 0.2) is 6.10 Å². The smallest absolute Gasteiger partial charge is 0.355 e. The third-order valence-electron chi connectivity index (χ3n) is 3.93. The van der Waals surface area contributed by atoms with Crippen molar-refractivity contribution >= 4 is 17.9 Å². The molecular weight excluding hydrogens is 344 g/mol. The Morgan fingerprint density at radius 1 is 0.889 bits per heavy atom. The summed E-state index contributed by atoms with van der Waals surface area (Å²) in [6.07, 6.45) is -0.975. The molecule has 0 saturated carbocycles. The summed E-state index contributed by atoms with van der Waals surface area (Å²) in [6.45, 7) is 6.62. The predicted octanol–water partition coefficient (Wildman–Crippen LogP) is 3.79. The van der Waals surface area contributed by atoms with Gasteiger partial charge < -0.3 is 9.47 Å². The molecule has 0 bridgehead atoms. The molecule has 0 amide bonds. The molecule has 0 aliphatic heterocycles. The van der Waals surface area contributed by atoms with E-state index >= 15 is 0 Å². The quantitative estimate of drug-likeness (QED) is 0.424. The van der Waals surface area contributed by atoms with Crippen LogP contribution in [0.4, 0.5) is 0 Å². The van der Waals surface area contributed by atoms with E-state index in [1.54, 1.807) is 31.2 Å². The first kappa shape index (κ1) is 20.1. The lowest BCUT2D eigenvalue weighted by Gasteiger charge is -2.19. The molecule has 0 N–H and O–H groups in total. The fourth-order valence-electron chi connectivity index (χ4n) is 2.51. The number of hydrogen-bond acceptors (Lipinski definition) is 5. The second-order valence-corrected chi connectivity index (χ2v) is 6.08. The van der Waals surface area contributed by atoms with Gasteiger partial charge in [0.2, 0.25) is 0 Å². The number of benzene rings is 2. The van der Waals surface area contributed by atoms with Gasteiger partial charge in [0.1, 0.15) is 5.92 Å². The van der Waals surface area contributed by atoms with Gasteiger partial charge in [-0.1, -0.05) is 74.2 Å². The van der Waals surface area contributed by atoms with Crippen LogP contribution >= 0.6 is 0 Å². The summed E-state index contributed by atoms with van der Waals surface area (Å²) in [5.74, 6) is -3.07. The third-order valence-corrected chi connectivity index (χ3v) is 3.93. The fourth-order valence-corrected chi connectivity index (χ4v) is 2.51. The molecule has 0 fully saturated rings. The molecule has 0 saturated heterocycles. The Kier molecular flexibility index (Phi) is 7.06. The molecule has 0 aliphatic carbocycles. The van der Waals surface area contributed by atoms with E-state index in [4.69, 9.17) is 9.47 Å². The fraction of sp³-hybridized carbons (Fsp3) is 0.227. The maximum absolute atomic E-state index is 12.8. The summed E-state index contributed by atoms with van der Waals surface area (Å²) in [5, 5.41) is 0. The van der Waals surface area contributed by atoms with Gasteiger partial charge in [-0.15, -0.1) is 0 Å². The van der Waals surface area contributed by atoms with Crippen molar-refractivity contribution in [1.82, 2.24) is 0 Å². The van der Waals surface area contributed by atoms with E-state index in [9.17, 15) is 14.4 Å². The Hall–Kier alpha value is -3.21. The SMILES string of the molecule is C=C(C)C(=O)OC(CC)C(=O)OC(=O)C(c1ccccc1)c1ccccc1. The molecule has 27 heavy (non-hydrogen) atoms. The second kappa shape index (κ2) is 9.48. The van der Waals surface area contributed by atoms with Crippen molar-refractivity contribution in [2.75, 3.05) is 0 Å². The van der Waals surface area contributed by atoms with Crippen molar-refractivity contribution < 1.29 is 23.9 Å². The van der Waals surface area contributed by atoms with Crippen LogP contribution in [0.15, 0.2) is 72.8 Å². The van der Waals surface area contributed by atoms with Crippen LogP contribution < -0.4 is 0 Å². The minimum Gasteiger partial charge on any atom is -0.447 e. The lowest BCUT2D eigenvalue weighted by Crippen LogP contribution is -2.32. The summed E-state index contributed by atoms with van der Waals surface area (Å²) >= 11 is 0. The molecule has 2 aromatic carbocycles. The lowest BCUT2D eigenvalue weighted by atomic mass is 9.91. The number of rotatable bonds is 7. The molecule has 1 atom stereocenters. The van der Waals surface area contributed by atoms with Crippen LogP contribution in [0.5, 0.6) is 0 Å². The van der Waals surface area contributed by atoms with Gasteiger partial charge in [-0.2, -0.15) is 0 Å². The minimum absolute atomic E-state index is 0.166. The van der Waals surface area contributed by atoms with Gasteiger partial charge in [0.05, 0.1) is 0 Å². The molecule has 2 rings (SSSR count). The zero-order valence-electron chi connectivity index (χ0n) is 15.4. The van der Waals surface area contributed by atoms with Gasteiger partial charge in [0, 0.05) is 5.57 Å². The first-order valence-corrected chi connectivity index (χ1v) is 8.66. The van der Waals surface area contributed by atoms with Crippen molar-refractivity contribution in [2.24, 2.45) is 0 Å². The molecular formula is C22H22O5. The maximum atomic E-state index is 12.8. The van der Waals surface area contributed by atoms with Gasteiger partial charge in [-0.25, -0.2) is 9.59 Å². The summed E-state index contributed by atoms with van der Waals surface area (Å²) in [4.78, 5) is 36.8. The molecule has 0 heterocycles. The first-order valence-electron chi connectivity index (χ1n) is 8.66. The Morgan fingerprint density at radius 3 is 1.78 bits per heavy atom. The summed E-state index contributed by atoms with van der Waals surface area (Å²) in [5.41, 5.74) is 1.57. The zero-order valence-corrected chi connectivity index (χ0v) is 15.4. The van der Waals surface area contributed by atoms with Crippen molar-refractivity contribution in [1.29, 1.82) is 0 Å². The van der Waals surface area contributed by atoms with Gasteiger partial charge in [-0.3, -0.25) is 4.79 Å². The van der Waals surface area contributed by atoms with Gasteiger partial charge >= 0.3 is 17.9 Å². The lowest BCUT2D eigenvalue weighted by molar-refractivity contribution is -0.173. The Balaban J connectivity index is 2.22. The molecule has 5 heteroatoms. The van der Waals surface area contributed by atoms with E-state index in [-0.39, 0.29) is 12.0 Å². The highest BCUT2D eigenvalue weighted by atomic mass is 16.6. The highest BCUT2D eigenvalue weighted by Crippen LogP contribution is 2.26. The topological polar surface area (TPSA) is 69.7 Å². The molecule has 1 unspecified atom stereocenters. The number of carbonyl (C=O) groups is 3. The van der Waals surface area contributed by atoms with E-state index in [0.717, 1.165) is 0 Å². The van der Waals surface area contributed by atoms with Crippen LogP contribution in [0.2, 0.25) is 0 Å². The van der Waals surface area contributed by atoms with Crippen molar-refractivity contribution in [2.45, 2.75) is 32.3 Å². The molecule has 0 radical (unpaired) electrons. The molecule has 0 aliphatic rings. The number of ether oxygens (including phenoxy) is 2. The number of hydrogen-bond donors (Lipinski definition) is 0. The van der Waals surface area contributed by atoms with Crippen LogP contribution in [-0.2, 0) is 23.9 Å². The van der Waals surface area contributed by atoms with Crippen molar-refractivity contribution in [3.63, 3.8) is 0 Å². The summed E-state index contributed by atoms with van der Waals surface area (Å²) in [7, 11) is 0. The average molecular weight is 366 g/mol. The zero-order chi connectivity index (χ0) is 19.8. The number of esters is 3. The van der Waals surface area contributed by atoms with Crippen LogP contribution in [0.3, 0.4) is 0 Å². The van der Waals surface area contributed by atoms with Crippen molar-refractivity contribution in [3.8, 4) is 0 Å². The Bertz CT molecular complexity index is 772. The van der Waals surface area contributed by atoms with E-state index in [1.807, 2.05) is 36.4 Å². The van der Waals surface area contributed by atoms with E-state index in [0.29, 0.717) is 11.1 Å². The van der Waals surface area contributed by atoms with Gasteiger partial charge in [0.25, 0.3) is 0 Å². The van der Waals surface area contributed by atoms with Crippen LogP contribution in [0, 0.1) is 0 Å². The third kappa shape index (κ3) is 5.38. The van der Waals surface area contributed by atoms with E-state index < -0.39 is 29.9 Å². The van der Waals surface area contributed by atoms with E-state index in [1.165, 1.54) is 6.92 Å². The molecule has 0 aromatic heterocycles. The predicted molar refractivity (Wildman–Crippen MR) is 101 cm³/mol. The van der Waals surface area contributed by atoms with Gasteiger partial charge in [-0.05, 0) is 24.5 Å². The highest BCUT2D eigenvalue weighted by Gasteiger charge is 2.30. The second-order valence-electron chi connectivity index (χ2n) is 6.08. The van der Waals surface area contributed by atoms with Crippen LogP contribution in [-0.4, -0.2) is 24.0 Å². The molecule has 5 nitrogen and oxygen atoms in total. The van der Waals surface area contributed by atoms with Crippen LogP contribution in [0.25, 0.3) is 0 Å². The summed E-state index contributed by atoms with van der Waals surface area (Å²) < 4.78 is 10.1. The normalized spacial score (nSPS) is 11.5. The largest absolute Gasteiger partial charge is 0.447 e. The number of carbonyl (C=O) groups excluding carboxylic acids is 3. The minimum atomic E-state index is -1.16. The molecule has 0 spiro atoms. The Labute approximate surface area is 158 Å². The van der Waals surface area contributed by atoms with E-state index in [2.05, 4.69) is 6.58 Å². The molecule has 2 aromatic rings. The summed E-state index contributed by atoms with van der Waals surface area (Å²) in [6, 6.07) is 18.1. The van der Waals surface area contributed by atoms with Crippen LogP contribution in [0.1, 0.15) is 37.3 Å². The average Bonchev–Trinajstić information content (AvgIpc) is 2.67. The Morgan fingerprint density at radius 2 is 1.37 bits per heavy atom. The van der Waals surface area contributed by atoms with Crippen molar-refractivity contribution in [3.05, 3.63) is 83.9 Å². The standard InChI is InChI=1S/C22H22O5/c1-4-18(26-20(23)15(2)3)21(24)27-22(25)19(16-11-7-5-8-12-16)17-13-9-6-10-14-17/h5-14,18-19H,2,4H2,1,3H3. The monoisotopic (exact) mass is 366 g/mol. The maximum Gasteiger partial charge on any atom is 0.355 e. The first-order chi connectivity index (χ1) is 12.9.